The number of nitro groups is 1. The van der Waals surface area contributed by atoms with Gasteiger partial charge >= 0.3 is 0 Å². The van der Waals surface area contributed by atoms with Crippen molar-refractivity contribution in [1.82, 2.24) is 14.8 Å². The van der Waals surface area contributed by atoms with Crippen LogP contribution in [0, 0.1) is 10.1 Å². The van der Waals surface area contributed by atoms with Gasteiger partial charge in [0.1, 0.15) is 0 Å². The molecule has 0 aliphatic carbocycles. The first-order valence-electron chi connectivity index (χ1n) is 9.53. The third-order valence-corrected chi connectivity index (χ3v) is 5.55. The van der Waals surface area contributed by atoms with E-state index in [1.54, 1.807) is 12.3 Å². The molecule has 1 amide bonds. The Balaban J connectivity index is 1.47. The molecule has 0 unspecified atom stereocenters. The van der Waals surface area contributed by atoms with Crippen LogP contribution in [0.1, 0.15) is 22.3 Å². The second-order valence-corrected chi connectivity index (χ2v) is 7.67. The maximum atomic E-state index is 13.1. The number of aromatic nitrogens is 1. The Morgan fingerprint density at radius 2 is 1.90 bits per heavy atom. The van der Waals surface area contributed by atoms with Gasteiger partial charge in [0.25, 0.3) is 11.6 Å². The number of H-pyrrole nitrogens is 1. The smallest absolute Gasteiger partial charge is 0.270 e. The van der Waals surface area contributed by atoms with Crippen molar-refractivity contribution < 1.29 is 9.72 Å². The highest BCUT2D eigenvalue weighted by Crippen LogP contribution is 2.25. The van der Waals surface area contributed by atoms with Crippen molar-refractivity contribution in [3.63, 3.8) is 0 Å². The van der Waals surface area contributed by atoms with Gasteiger partial charge in [-0.15, -0.1) is 0 Å². The van der Waals surface area contributed by atoms with E-state index in [0.717, 1.165) is 36.6 Å². The van der Waals surface area contributed by atoms with E-state index < -0.39 is 4.92 Å². The summed E-state index contributed by atoms with van der Waals surface area (Å²) in [6.45, 7) is 3.78. The number of benzene rings is 2. The summed E-state index contributed by atoms with van der Waals surface area (Å²) in [5.74, 6) is -0.0925. The molecule has 7 nitrogen and oxygen atoms in total. The number of halogens is 1. The number of amides is 1. The first-order valence-corrected chi connectivity index (χ1v) is 9.90. The van der Waals surface area contributed by atoms with Crippen LogP contribution in [0.25, 0.3) is 10.9 Å². The second kappa shape index (κ2) is 8.23. The van der Waals surface area contributed by atoms with E-state index in [1.165, 1.54) is 17.7 Å². The van der Waals surface area contributed by atoms with Gasteiger partial charge in [-0.3, -0.25) is 19.8 Å². The molecule has 1 aliphatic rings. The van der Waals surface area contributed by atoms with Gasteiger partial charge in [0, 0.05) is 67.0 Å². The first kappa shape index (κ1) is 19.4. The number of non-ortho nitro benzene ring substituents is 1. The number of hydrogen-bond donors (Lipinski definition) is 1. The highest BCUT2D eigenvalue weighted by molar-refractivity contribution is 6.30. The number of nitrogens with zero attached hydrogens (tertiary/aromatic N) is 3. The van der Waals surface area contributed by atoms with Crippen LogP contribution in [0.4, 0.5) is 5.69 Å². The van der Waals surface area contributed by atoms with Crippen molar-refractivity contribution >= 4 is 34.1 Å². The summed E-state index contributed by atoms with van der Waals surface area (Å²) in [6, 6.07) is 12.4. The number of nitrogens with one attached hydrogen (secondary N) is 1. The molecule has 1 N–H and O–H groups in total. The molecule has 0 saturated carbocycles. The zero-order valence-electron chi connectivity index (χ0n) is 15.8. The van der Waals surface area contributed by atoms with Crippen molar-refractivity contribution in [3.05, 3.63) is 74.9 Å². The summed E-state index contributed by atoms with van der Waals surface area (Å²) >= 11 is 5.95. The molecule has 29 heavy (non-hydrogen) atoms. The van der Waals surface area contributed by atoms with Gasteiger partial charge in [0.05, 0.1) is 10.5 Å². The quantitative estimate of drug-likeness (QED) is 0.517. The van der Waals surface area contributed by atoms with E-state index in [-0.39, 0.29) is 11.6 Å². The van der Waals surface area contributed by atoms with Crippen LogP contribution in [0.3, 0.4) is 0 Å². The number of hydrogen-bond acceptors (Lipinski definition) is 4. The Morgan fingerprint density at radius 3 is 2.66 bits per heavy atom. The zero-order valence-corrected chi connectivity index (χ0v) is 16.6. The number of aromatic amines is 1. The highest BCUT2D eigenvalue weighted by atomic mass is 35.5. The largest absolute Gasteiger partial charge is 0.360 e. The SMILES string of the molecule is O=C(c1c[nH]c2ccc([N+](=O)[O-])cc12)N1CCCN(Cc2ccc(Cl)cc2)CC1. The van der Waals surface area contributed by atoms with Gasteiger partial charge < -0.3 is 9.88 Å². The Morgan fingerprint density at radius 1 is 1.10 bits per heavy atom. The second-order valence-electron chi connectivity index (χ2n) is 7.24. The van der Waals surface area contributed by atoms with Crippen molar-refractivity contribution in [2.45, 2.75) is 13.0 Å². The number of nitro benzene ring substituents is 1. The maximum Gasteiger partial charge on any atom is 0.270 e. The predicted molar refractivity (Wildman–Crippen MR) is 112 cm³/mol. The monoisotopic (exact) mass is 412 g/mol. The fourth-order valence-electron chi connectivity index (χ4n) is 3.75. The van der Waals surface area contributed by atoms with Crippen LogP contribution < -0.4 is 0 Å². The van der Waals surface area contributed by atoms with Crippen LogP contribution in [-0.2, 0) is 6.54 Å². The molecule has 150 valence electrons. The fourth-order valence-corrected chi connectivity index (χ4v) is 3.88. The molecule has 8 heteroatoms. The fraction of sp³-hybridized carbons (Fsp3) is 0.286. The minimum absolute atomic E-state index is 0.0174. The van der Waals surface area contributed by atoms with Gasteiger partial charge in [-0.1, -0.05) is 23.7 Å². The van der Waals surface area contributed by atoms with Crippen LogP contribution in [-0.4, -0.2) is 51.8 Å². The van der Waals surface area contributed by atoms with E-state index >= 15 is 0 Å². The van der Waals surface area contributed by atoms with Crippen LogP contribution >= 0.6 is 11.6 Å². The maximum absolute atomic E-state index is 13.1. The van der Waals surface area contributed by atoms with E-state index in [0.29, 0.717) is 24.0 Å². The Kier molecular flexibility index (Phi) is 5.51. The van der Waals surface area contributed by atoms with Crippen molar-refractivity contribution in [3.8, 4) is 0 Å². The molecule has 0 bridgehead atoms. The van der Waals surface area contributed by atoms with E-state index in [2.05, 4.69) is 9.88 Å². The lowest BCUT2D eigenvalue weighted by Crippen LogP contribution is -2.35. The minimum atomic E-state index is -0.443. The summed E-state index contributed by atoms with van der Waals surface area (Å²) in [5.41, 5.74) is 2.38. The minimum Gasteiger partial charge on any atom is -0.360 e. The zero-order chi connectivity index (χ0) is 20.4. The molecule has 0 atom stereocenters. The molecule has 0 spiro atoms. The van der Waals surface area contributed by atoms with Gasteiger partial charge in [0.2, 0.25) is 0 Å². The average molecular weight is 413 g/mol. The summed E-state index contributed by atoms with van der Waals surface area (Å²) in [6.07, 6.45) is 2.52. The van der Waals surface area contributed by atoms with Gasteiger partial charge in [-0.05, 0) is 30.2 Å². The summed E-state index contributed by atoms with van der Waals surface area (Å²) in [7, 11) is 0. The molecular weight excluding hydrogens is 392 g/mol. The molecule has 0 radical (unpaired) electrons. The molecule has 2 heterocycles. The topological polar surface area (TPSA) is 82.5 Å². The van der Waals surface area contributed by atoms with Crippen molar-refractivity contribution in [2.24, 2.45) is 0 Å². The molecule has 2 aromatic carbocycles. The molecule has 1 saturated heterocycles. The predicted octanol–water partition coefficient (Wildman–Crippen LogP) is 4.08. The number of carbonyl (C=O) groups excluding carboxylic acids is 1. The number of rotatable bonds is 4. The first-order chi connectivity index (χ1) is 14.0. The Bertz CT molecular complexity index is 1050. The number of fused-ring (bicyclic) bond motifs is 1. The lowest BCUT2D eigenvalue weighted by atomic mass is 10.1. The summed E-state index contributed by atoms with van der Waals surface area (Å²) < 4.78 is 0. The number of carbonyl (C=O) groups is 1. The Hall–Kier alpha value is -2.90. The van der Waals surface area contributed by atoms with Crippen LogP contribution in [0.2, 0.25) is 5.02 Å². The van der Waals surface area contributed by atoms with Crippen molar-refractivity contribution in [1.29, 1.82) is 0 Å². The molecular formula is C21H21ClN4O3. The lowest BCUT2D eigenvalue weighted by Gasteiger charge is -2.22. The van der Waals surface area contributed by atoms with E-state index in [1.807, 2.05) is 29.2 Å². The summed E-state index contributed by atoms with van der Waals surface area (Å²) in [5, 5.41) is 12.4. The van der Waals surface area contributed by atoms with Crippen LogP contribution in [0.5, 0.6) is 0 Å². The van der Waals surface area contributed by atoms with Crippen molar-refractivity contribution in [2.75, 3.05) is 26.2 Å². The van der Waals surface area contributed by atoms with Gasteiger partial charge in [-0.25, -0.2) is 0 Å². The van der Waals surface area contributed by atoms with Gasteiger partial charge in [-0.2, -0.15) is 0 Å². The third-order valence-electron chi connectivity index (χ3n) is 5.30. The molecule has 1 aliphatic heterocycles. The summed E-state index contributed by atoms with van der Waals surface area (Å²) in [4.78, 5) is 31.0. The Labute approximate surface area is 173 Å². The van der Waals surface area contributed by atoms with E-state index in [4.69, 9.17) is 11.6 Å². The van der Waals surface area contributed by atoms with Crippen LogP contribution in [0.15, 0.2) is 48.7 Å². The molecule has 4 rings (SSSR count). The molecule has 1 aromatic heterocycles. The highest BCUT2D eigenvalue weighted by Gasteiger charge is 2.23. The molecule has 1 fully saturated rings. The van der Waals surface area contributed by atoms with Gasteiger partial charge in [0.15, 0.2) is 0 Å². The standard InChI is InChI=1S/C21H21ClN4O3/c22-16-4-2-15(3-5-16)14-24-8-1-9-25(11-10-24)21(27)19-13-23-20-7-6-17(26(28)29)12-18(19)20/h2-7,12-13,23H,1,8-11,14H2. The average Bonchev–Trinajstić information content (AvgIpc) is 3.00. The van der Waals surface area contributed by atoms with E-state index in [9.17, 15) is 14.9 Å². The third kappa shape index (κ3) is 4.26. The molecule has 3 aromatic rings. The lowest BCUT2D eigenvalue weighted by molar-refractivity contribution is -0.384. The normalized spacial score (nSPS) is 15.4.